The average Bonchev–Trinajstić information content (AvgIpc) is 2.90. The predicted molar refractivity (Wildman–Crippen MR) is 75.4 cm³/mol. The van der Waals surface area contributed by atoms with E-state index in [0.29, 0.717) is 18.1 Å². The highest BCUT2D eigenvalue weighted by Gasteiger charge is 2.09. The van der Waals surface area contributed by atoms with E-state index < -0.39 is 0 Å². The van der Waals surface area contributed by atoms with E-state index in [1.165, 1.54) is 0 Å². The molecule has 0 bridgehead atoms. The SMILES string of the molecule is Cc1cccc(-c2noc(Cc3ccc(O)cc3)n2)c1. The van der Waals surface area contributed by atoms with Crippen molar-refractivity contribution < 1.29 is 9.63 Å². The first-order valence-electron chi connectivity index (χ1n) is 6.38. The van der Waals surface area contributed by atoms with Gasteiger partial charge in [0, 0.05) is 5.56 Å². The lowest BCUT2D eigenvalue weighted by Crippen LogP contribution is -1.88. The van der Waals surface area contributed by atoms with Gasteiger partial charge in [0.2, 0.25) is 11.7 Å². The zero-order valence-electron chi connectivity index (χ0n) is 11.1. The van der Waals surface area contributed by atoms with E-state index in [4.69, 9.17) is 4.52 Å². The Hall–Kier alpha value is -2.62. The van der Waals surface area contributed by atoms with E-state index in [9.17, 15) is 5.11 Å². The molecule has 100 valence electrons. The van der Waals surface area contributed by atoms with Crippen molar-refractivity contribution in [1.29, 1.82) is 0 Å². The largest absolute Gasteiger partial charge is 0.508 e. The van der Waals surface area contributed by atoms with Gasteiger partial charge >= 0.3 is 0 Å². The van der Waals surface area contributed by atoms with Crippen molar-refractivity contribution in [2.24, 2.45) is 0 Å². The average molecular weight is 266 g/mol. The maximum absolute atomic E-state index is 9.25. The Morgan fingerprint density at radius 2 is 1.90 bits per heavy atom. The zero-order valence-corrected chi connectivity index (χ0v) is 11.1. The maximum atomic E-state index is 9.25. The summed E-state index contributed by atoms with van der Waals surface area (Å²) in [6.07, 6.45) is 0.555. The van der Waals surface area contributed by atoms with Crippen LogP contribution in [0.4, 0.5) is 0 Å². The highest BCUT2D eigenvalue weighted by Crippen LogP contribution is 2.19. The van der Waals surface area contributed by atoms with Crippen molar-refractivity contribution in [3.8, 4) is 17.1 Å². The monoisotopic (exact) mass is 266 g/mol. The molecule has 0 amide bonds. The van der Waals surface area contributed by atoms with Gasteiger partial charge in [0.25, 0.3) is 0 Å². The summed E-state index contributed by atoms with van der Waals surface area (Å²) in [5.41, 5.74) is 3.13. The fraction of sp³-hybridized carbons (Fsp3) is 0.125. The molecule has 0 unspecified atom stereocenters. The number of aromatic nitrogens is 2. The molecule has 4 nitrogen and oxygen atoms in total. The summed E-state index contributed by atoms with van der Waals surface area (Å²) in [5.74, 6) is 1.41. The number of hydrogen-bond donors (Lipinski definition) is 1. The Morgan fingerprint density at radius 3 is 2.65 bits per heavy atom. The summed E-state index contributed by atoms with van der Waals surface area (Å²) in [4.78, 5) is 4.40. The summed E-state index contributed by atoms with van der Waals surface area (Å²) in [6.45, 7) is 2.03. The molecule has 3 rings (SSSR count). The van der Waals surface area contributed by atoms with E-state index in [0.717, 1.165) is 16.7 Å². The van der Waals surface area contributed by atoms with Gasteiger partial charge in [-0.1, -0.05) is 41.1 Å². The van der Waals surface area contributed by atoms with Crippen molar-refractivity contribution in [2.45, 2.75) is 13.3 Å². The van der Waals surface area contributed by atoms with Crippen LogP contribution in [0.2, 0.25) is 0 Å². The van der Waals surface area contributed by atoms with Crippen molar-refractivity contribution >= 4 is 0 Å². The van der Waals surface area contributed by atoms with Crippen LogP contribution in [0.1, 0.15) is 17.0 Å². The first kappa shape index (κ1) is 12.4. The zero-order chi connectivity index (χ0) is 13.9. The summed E-state index contributed by atoms with van der Waals surface area (Å²) in [6, 6.07) is 15.0. The normalized spacial score (nSPS) is 10.7. The first-order chi connectivity index (χ1) is 9.70. The van der Waals surface area contributed by atoms with Crippen LogP contribution in [0.25, 0.3) is 11.4 Å². The van der Waals surface area contributed by atoms with Gasteiger partial charge in [0.1, 0.15) is 5.75 Å². The number of phenols is 1. The van der Waals surface area contributed by atoms with Gasteiger partial charge in [-0.05, 0) is 30.7 Å². The van der Waals surface area contributed by atoms with Crippen molar-refractivity contribution in [3.63, 3.8) is 0 Å². The van der Waals surface area contributed by atoms with Crippen LogP contribution < -0.4 is 0 Å². The summed E-state index contributed by atoms with van der Waals surface area (Å²) in [5, 5.41) is 13.3. The van der Waals surface area contributed by atoms with E-state index in [1.807, 2.05) is 43.3 Å². The molecule has 0 aliphatic heterocycles. The van der Waals surface area contributed by atoms with Gasteiger partial charge in [-0.15, -0.1) is 0 Å². The third kappa shape index (κ3) is 2.69. The second kappa shape index (κ2) is 5.17. The van der Waals surface area contributed by atoms with E-state index >= 15 is 0 Å². The predicted octanol–water partition coefficient (Wildman–Crippen LogP) is 3.34. The molecule has 1 N–H and O–H groups in total. The Kier molecular flexibility index (Phi) is 3.21. The number of aryl methyl sites for hydroxylation is 1. The van der Waals surface area contributed by atoms with Crippen LogP contribution in [0, 0.1) is 6.92 Å². The summed E-state index contributed by atoms with van der Waals surface area (Å²) < 4.78 is 5.27. The highest BCUT2D eigenvalue weighted by atomic mass is 16.5. The number of benzene rings is 2. The van der Waals surface area contributed by atoms with E-state index in [1.54, 1.807) is 12.1 Å². The van der Waals surface area contributed by atoms with Crippen LogP contribution in [0.3, 0.4) is 0 Å². The van der Waals surface area contributed by atoms with Gasteiger partial charge in [-0.3, -0.25) is 0 Å². The second-order valence-electron chi connectivity index (χ2n) is 4.72. The summed E-state index contributed by atoms with van der Waals surface area (Å²) in [7, 11) is 0. The fourth-order valence-corrected chi connectivity index (χ4v) is 2.02. The minimum atomic E-state index is 0.250. The lowest BCUT2D eigenvalue weighted by atomic mass is 10.1. The number of phenolic OH excluding ortho intramolecular Hbond substituents is 1. The standard InChI is InChI=1S/C16H14N2O2/c1-11-3-2-4-13(9-11)16-17-15(20-18-16)10-12-5-7-14(19)8-6-12/h2-9,19H,10H2,1H3. The molecule has 0 atom stereocenters. The molecule has 0 spiro atoms. The molecule has 0 saturated carbocycles. The molecule has 1 aromatic heterocycles. The van der Waals surface area contributed by atoms with Gasteiger partial charge in [-0.2, -0.15) is 4.98 Å². The van der Waals surface area contributed by atoms with Gasteiger partial charge < -0.3 is 9.63 Å². The smallest absolute Gasteiger partial charge is 0.231 e. The molecule has 20 heavy (non-hydrogen) atoms. The minimum absolute atomic E-state index is 0.250. The quantitative estimate of drug-likeness (QED) is 0.789. The molecule has 2 aromatic carbocycles. The second-order valence-corrected chi connectivity index (χ2v) is 4.72. The topological polar surface area (TPSA) is 59.2 Å². The highest BCUT2D eigenvalue weighted by molar-refractivity contribution is 5.55. The molecular weight excluding hydrogens is 252 g/mol. The number of rotatable bonds is 3. The van der Waals surface area contributed by atoms with Crippen LogP contribution in [-0.2, 0) is 6.42 Å². The lowest BCUT2D eigenvalue weighted by Gasteiger charge is -1.97. The molecule has 0 saturated heterocycles. The fourth-order valence-electron chi connectivity index (χ4n) is 2.02. The number of hydrogen-bond acceptors (Lipinski definition) is 4. The Morgan fingerprint density at radius 1 is 1.10 bits per heavy atom. The molecule has 0 fully saturated rings. The first-order valence-corrected chi connectivity index (χ1v) is 6.38. The number of nitrogens with zero attached hydrogens (tertiary/aromatic N) is 2. The molecule has 0 aliphatic rings. The third-order valence-electron chi connectivity index (χ3n) is 3.04. The third-order valence-corrected chi connectivity index (χ3v) is 3.04. The Bertz CT molecular complexity index is 717. The minimum Gasteiger partial charge on any atom is -0.508 e. The molecule has 0 aliphatic carbocycles. The van der Waals surface area contributed by atoms with Gasteiger partial charge in [-0.25, -0.2) is 0 Å². The molecular formula is C16H14N2O2. The van der Waals surface area contributed by atoms with Gasteiger partial charge in [0.15, 0.2) is 0 Å². The molecule has 4 heteroatoms. The molecule has 0 radical (unpaired) electrons. The Balaban J connectivity index is 1.82. The maximum Gasteiger partial charge on any atom is 0.231 e. The van der Waals surface area contributed by atoms with Gasteiger partial charge in [0.05, 0.1) is 6.42 Å². The van der Waals surface area contributed by atoms with E-state index in [2.05, 4.69) is 10.1 Å². The summed E-state index contributed by atoms with van der Waals surface area (Å²) >= 11 is 0. The number of aromatic hydroxyl groups is 1. The van der Waals surface area contributed by atoms with Crippen molar-refractivity contribution in [2.75, 3.05) is 0 Å². The van der Waals surface area contributed by atoms with Crippen molar-refractivity contribution in [1.82, 2.24) is 10.1 Å². The van der Waals surface area contributed by atoms with Crippen LogP contribution >= 0.6 is 0 Å². The molecule has 3 aromatic rings. The molecule has 1 heterocycles. The Labute approximate surface area is 116 Å². The lowest BCUT2D eigenvalue weighted by molar-refractivity contribution is 0.385. The van der Waals surface area contributed by atoms with E-state index in [-0.39, 0.29) is 5.75 Å². The van der Waals surface area contributed by atoms with Crippen LogP contribution in [0.5, 0.6) is 5.75 Å². The van der Waals surface area contributed by atoms with Crippen LogP contribution in [-0.4, -0.2) is 15.2 Å². The van der Waals surface area contributed by atoms with Crippen molar-refractivity contribution in [3.05, 3.63) is 65.5 Å². The van der Waals surface area contributed by atoms with Crippen LogP contribution in [0.15, 0.2) is 53.1 Å².